The molecule has 5 heteroatoms. The molecular formula is C17H13N5. The minimum Gasteiger partial charge on any atom is -0.198 e. The van der Waals surface area contributed by atoms with Crippen LogP contribution >= 0.6 is 0 Å². The molecule has 0 aliphatic rings. The summed E-state index contributed by atoms with van der Waals surface area (Å²) >= 11 is 0. The Morgan fingerprint density at radius 2 is 1.55 bits per heavy atom. The monoisotopic (exact) mass is 287 g/mol. The summed E-state index contributed by atoms with van der Waals surface area (Å²) in [6.07, 6.45) is 0.886. The fourth-order valence-corrected chi connectivity index (χ4v) is 2.38. The van der Waals surface area contributed by atoms with Gasteiger partial charge in [0.05, 0.1) is 36.3 Å². The van der Waals surface area contributed by atoms with E-state index in [2.05, 4.69) is 0 Å². The first kappa shape index (κ1) is 16.7. The van der Waals surface area contributed by atoms with Crippen molar-refractivity contribution in [2.45, 2.75) is 25.2 Å². The van der Waals surface area contributed by atoms with Gasteiger partial charge in [-0.05, 0) is 18.4 Å². The average Bonchev–Trinajstić information content (AvgIpc) is 2.58. The van der Waals surface area contributed by atoms with Crippen molar-refractivity contribution in [3.63, 3.8) is 0 Å². The maximum Gasteiger partial charge on any atom is 0.179 e. The van der Waals surface area contributed by atoms with Gasteiger partial charge in [0.25, 0.3) is 0 Å². The van der Waals surface area contributed by atoms with Crippen LogP contribution in [0, 0.1) is 68.0 Å². The highest BCUT2D eigenvalue weighted by molar-refractivity contribution is 5.38. The third-order valence-electron chi connectivity index (χ3n) is 3.57. The lowest BCUT2D eigenvalue weighted by Crippen LogP contribution is -2.33. The second-order valence-corrected chi connectivity index (χ2v) is 4.80. The van der Waals surface area contributed by atoms with Crippen LogP contribution in [0.2, 0.25) is 0 Å². The quantitative estimate of drug-likeness (QED) is 0.744. The van der Waals surface area contributed by atoms with Gasteiger partial charge in [-0.1, -0.05) is 30.3 Å². The number of nitriles is 5. The first-order chi connectivity index (χ1) is 10.7. The summed E-state index contributed by atoms with van der Waals surface area (Å²) in [6, 6.07) is 18.3. The third-order valence-corrected chi connectivity index (χ3v) is 3.57. The lowest BCUT2D eigenvalue weighted by molar-refractivity contribution is 0.334. The van der Waals surface area contributed by atoms with Crippen LogP contribution in [0.5, 0.6) is 0 Å². The average molecular weight is 287 g/mol. The van der Waals surface area contributed by atoms with E-state index in [0.29, 0.717) is 12.0 Å². The molecule has 22 heavy (non-hydrogen) atoms. The van der Waals surface area contributed by atoms with Crippen LogP contribution in [0.1, 0.15) is 30.7 Å². The zero-order chi connectivity index (χ0) is 16.4. The van der Waals surface area contributed by atoms with Crippen molar-refractivity contribution in [3.8, 4) is 30.3 Å². The second-order valence-electron chi connectivity index (χ2n) is 4.80. The van der Waals surface area contributed by atoms with Crippen molar-refractivity contribution in [2.24, 2.45) is 11.3 Å². The van der Waals surface area contributed by atoms with E-state index in [1.807, 2.05) is 30.3 Å². The summed E-state index contributed by atoms with van der Waals surface area (Å²) in [5.41, 5.74) is -1.21. The van der Waals surface area contributed by atoms with Gasteiger partial charge in [0.1, 0.15) is 5.92 Å². The van der Waals surface area contributed by atoms with Gasteiger partial charge in [-0.25, -0.2) is 0 Å². The van der Waals surface area contributed by atoms with Gasteiger partial charge in [0.15, 0.2) is 5.41 Å². The van der Waals surface area contributed by atoms with Crippen molar-refractivity contribution in [1.29, 1.82) is 26.3 Å². The Morgan fingerprint density at radius 3 is 2.00 bits per heavy atom. The van der Waals surface area contributed by atoms with E-state index < -0.39 is 17.3 Å². The van der Waals surface area contributed by atoms with Gasteiger partial charge in [-0.3, -0.25) is 0 Å². The molecule has 0 radical (unpaired) electrons. The molecule has 0 aromatic heterocycles. The summed E-state index contributed by atoms with van der Waals surface area (Å²) in [5, 5.41) is 46.6. The van der Waals surface area contributed by atoms with Crippen LogP contribution in [-0.4, -0.2) is 0 Å². The van der Waals surface area contributed by atoms with Gasteiger partial charge in [0, 0.05) is 6.42 Å². The van der Waals surface area contributed by atoms with E-state index in [1.54, 1.807) is 30.3 Å². The smallest absolute Gasteiger partial charge is 0.179 e. The minimum atomic E-state index is -1.75. The SMILES string of the molecule is N#CCCCC(C#N)C(C#N)(C#N)C(C#N)c1ccccc1. The number of rotatable bonds is 6. The van der Waals surface area contributed by atoms with Crippen LogP contribution in [0.15, 0.2) is 30.3 Å². The number of hydrogen-bond donors (Lipinski definition) is 0. The summed E-state index contributed by atoms with van der Waals surface area (Å²) in [7, 11) is 0. The molecule has 0 bridgehead atoms. The Balaban J connectivity index is 3.28. The van der Waals surface area contributed by atoms with Gasteiger partial charge in [0.2, 0.25) is 0 Å². The maximum atomic E-state index is 9.56. The van der Waals surface area contributed by atoms with E-state index in [4.69, 9.17) is 5.26 Å². The first-order valence-electron chi connectivity index (χ1n) is 6.73. The fraction of sp³-hybridized carbons (Fsp3) is 0.353. The lowest BCUT2D eigenvalue weighted by atomic mass is 9.65. The summed E-state index contributed by atoms with van der Waals surface area (Å²) < 4.78 is 0. The van der Waals surface area contributed by atoms with Gasteiger partial charge < -0.3 is 0 Å². The van der Waals surface area contributed by atoms with E-state index in [-0.39, 0.29) is 12.8 Å². The zero-order valence-corrected chi connectivity index (χ0v) is 11.9. The molecule has 5 nitrogen and oxygen atoms in total. The van der Waals surface area contributed by atoms with Crippen LogP contribution < -0.4 is 0 Å². The van der Waals surface area contributed by atoms with Crippen LogP contribution in [-0.2, 0) is 0 Å². The number of benzene rings is 1. The van der Waals surface area contributed by atoms with Crippen LogP contribution in [0.25, 0.3) is 0 Å². The second kappa shape index (κ2) is 8.07. The van der Waals surface area contributed by atoms with E-state index in [0.717, 1.165) is 0 Å². The molecule has 1 aromatic rings. The Labute approximate surface area is 129 Å². The third kappa shape index (κ3) is 3.22. The van der Waals surface area contributed by atoms with E-state index in [9.17, 15) is 21.0 Å². The van der Waals surface area contributed by atoms with Gasteiger partial charge in [-0.15, -0.1) is 0 Å². The lowest BCUT2D eigenvalue weighted by Gasteiger charge is -2.28. The molecule has 106 valence electrons. The zero-order valence-electron chi connectivity index (χ0n) is 11.9. The molecule has 0 N–H and O–H groups in total. The largest absolute Gasteiger partial charge is 0.198 e. The number of hydrogen-bond acceptors (Lipinski definition) is 5. The summed E-state index contributed by atoms with van der Waals surface area (Å²) in [5.74, 6) is -1.95. The highest BCUT2D eigenvalue weighted by atomic mass is 14.5. The highest BCUT2D eigenvalue weighted by Gasteiger charge is 2.48. The highest BCUT2D eigenvalue weighted by Crippen LogP contribution is 2.43. The Hall–Kier alpha value is -3.33. The van der Waals surface area contributed by atoms with Gasteiger partial charge in [-0.2, -0.15) is 26.3 Å². The molecule has 0 aliphatic carbocycles. The Morgan fingerprint density at radius 1 is 0.909 bits per heavy atom. The molecule has 0 spiro atoms. The maximum absolute atomic E-state index is 9.56. The molecule has 2 atom stereocenters. The predicted octanol–water partition coefficient (Wildman–Crippen LogP) is 3.16. The molecule has 0 aliphatic heterocycles. The molecule has 0 saturated heterocycles. The number of nitrogens with zero attached hydrogens (tertiary/aromatic N) is 5. The minimum absolute atomic E-state index is 0.232. The fourth-order valence-electron chi connectivity index (χ4n) is 2.38. The molecule has 0 saturated carbocycles. The summed E-state index contributed by atoms with van der Waals surface area (Å²) in [4.78, 5) is 0. The standard InChI is InChI=1S/C17H13N5/c18-9-5-4-8-15(10-19)17(12-21,13-22)16(11-20)14-6-2-1-3-7-14/h1-3,6-7,15-16H,4-5,8H2. The number of unbranched alkanes of at least 4 members (excludes halogenated alkanes) is 1. The Kier molecular flexibility index (Phi) is 6.13. The van der Waals surface area contributed by atoms with E-state index in [1.165, 1.54) is 0 Å². The molecule has 0 heterocycles. The van der Waals surface area contributed by atoms with Crippen molar-refractivity contribution in [3.05, 3.63) is 35.9 Å². The van der Waals surface area contributed by atoms with E-state index >= 15 is 0 Å². The molecule has 2 unspecified atom stereocenters. The summed E-state index contributed by atoms with van der Waals surface area (Å²) in [6.45, 7) is 0. The molecule has 1 aromatic carbocycles. The molecule has 1 rings (SSSR count). The Bertz CT molecular complexity index is 689. The van der Waals surface area contributed by atoms with Crippen molar-refractivity contribution < 1.29 is 0 Å². The van der Waals surface area contributed by atoms with Gasteiger partial charge >= 0.3 is 0 Å². The van der Waals surface area contributed by atoms with Crippen LogP contribution in [0.3, 0.4) is 0 Å². The first-order valence-corrected chi connectivity index (χ1v) is 6.73. The van der Waals surface area contributed by atoms with Crippen LogP contribution in [0.4, 0.5) is 0 Å². The van der Waals surface area contributed by atoms with Crippen molar-refractivity contribution in [1.82, 2.24) is 0 Å². The topological polar surface area (TPSA) is 119 Å². The predicted molar refractivity (Wildman–Crippen MR) is 77.0 cm³/mol. The van der Waals surface area contributed by atoms with Crippen molar-refractivity contribution >= 4 is 0 Å². The molecule has 0 amide bonds. The van der Waals surface area contributed by atoms with Crippen molar-refractivity contribution in [2.75, 3.05) is 0 Å². The normalized spacial score (nSPS) is 12.5. The molecular weight excluding hydrogens is 274 g/mol. The molecule has 0 fully saturated rings.